The summed E-state index contributed by atoms with van der Waals surface area (Å²) in [7, 11) is 0. The van der Waals surface area contributed by atoms with Crippen molar-refractivity contribution in [2.75, 3.05) is 6.54 Å². The van der Waals surface area contributed by atoms with Crippen LogP contribution >= 0.6 is 0 Å². The van der Waals surface area contributed by atoms with E-state index < -0.39 is 0 Å². The first-order valence-corrected chi connectivity index (χ1v) is 5.73. The molecule has 2 aliphatic rings. The van der Waals surface area contributed by atoms with Crippen LogP contribution in [0, 0.1) is 11.8 Å². The number of hydrogen-bond acceptors (Lipinski definition) is 2. The van der Waals surface area contributed by atoms with Crippen molar-refractivity contribution < 1.29 is 0 Å². The van der Waals surface area contributed by atoms with Crippen molar-refractivity contribution in [2.45, 2.75) is 51.1 Å². The van der Waals surface area contributed by atoms with Gasteiger partial charge >= 0.3 is 0 Å². The molecule has 0 heterocycles. The topological polar surface area (TPSA) is 38.0 Å². The molecule has 2 fully saturated rings. The van der Waals surface area contributed by atoms with Crippen molar-refractivity contribution in [3.63, 3.8) is 0 Å². The third kappa shape index (κ3) is 2.44. The second-order valence-corrected chi connectivity index (χ2v) is 5.12. The summed E-state index contributed by atoms with van der Waals surface area (Å²) in [6, 6.07) is 1.32. The second-order valence-electron chi connectivity index (χ2n) is 5.12. The lowest BCUT2D eigenvalue weighted by molar-refractivity contribution is 0.232. The van der Waals surface area contributed by atoms with Gasteiger partial charge in [0.15, 0.2) is 0 Å². The van der Waals surface area contributed by atoms with Crippen LogP contribution in [0.15, 0.2) is 0 Å². The highest BCUT2D eigenvalue weighted by Gasteiger charge is 2.27. The van der Waals surface area contributed by atoms with E-state index in [4.69, 9.17) is 5.73 Å². The minimum atomic E-state index is 0.493. The van der Waals surface area contributed by atoms with E-state index in [0.29, 0.717) is 6.04 Å². The first kappa shape index (κ1) is 9.47. The van der Waals surface area contributed by atoms with Crippen LogP contribution in [0.25, 0.3) is 0 Å². The van der Waals surface area contributed by atoms with Gasteiger partial charge in [-0.1, -0.05) is 6.92 Å². The highest BCUT2D eigenvalue weighted by atomic mass is 14.9. The van der Waals surface area contributed by atoms with Crippen LogP contribution in [0.1, 0.15) is 39.0 Å². The molecule has 0 aromatic rings. The number of hydrogen-bond donors (Lipinski definition) is 2. The maximum Gasteiger partial charge on any atom is 0.00722 e. The van der Waals surface area contributed by atoms with E-state index in [-0.39, 0.29) is 0 Å². The largest absolute Gasteiger partial charge is 0.328 e. The van der Waals surface area contributed by atoms with Crippen LogP contribution in [-0.2, 0) is 0 Å². The fourth-order valence-corrected chi connectivity index (χ4v) is 2.70. The quantitative estimate of drug-likeness (QED) is 0.694. The second kappa shape index (κ2) is 3.97. The summed E-state index contributed by atoms with van der Waals surface area (Å²) in [5, 5.41) is 3.66. The molecule has 0 aromatic heterocycles. The molecule has 0 spiro atoms. The minimum absolute atomic E-state index is 0.493. The van der Waals surface area contributed by atoms with Crippen molar-refractivity contribution >= 4 is 0 Å². The molecule has 3 N–H and O–H groups in total. The molecule has 0 radical (unpaired) electrons. The Balaban J connectivity index is 1.58. The number of nitrogens with two attached hydrogens (primary N) is 1. The Hall–Kier alpha value is -0.0800. The Bertz CT molecular complexity index is 163. The Morgan fingerprint density at radius 1 is 1.23 bits per heavy atom. The molecular formula is C11H22N2. The van der Waals surface area contributed by atoms with Crippen LogP contribution in [0.3, 0.4) is 0 Å². The Labute approximate surface area is 81.3 Å². The van der Waals surface area contributed by atoms with Crippen LogP contribution in [0.2, 0.25) is 0 Å². The molecule has 0 aliphatic heterocycles. The van der Waals surface area contributed by atoms with Gasteiger partial charge in [0.05, 0.1) is 0 Å². The van der Waals surface area contributed by atoms with Gasteiger partial charge in [-0.3, -0.25) is 0 Å². The van der Waals surface area contributed by atoms with Crippen molar-refractivity contribution in [3.05, 3.63) is 0 Å². The van der Waals surface area contributed by atoms with Crippen LogP contribution in [0.5, 0.6) is 0 Å². The molecule has 2 atom stereocenters. The SMILES string of the molecule is CC1CC(NCC2CCC(N)C2)C1. The van der Waals surface area contributed by atoms with Gasteiger partial charge < -0.3 is 11.1 Å². The summed E-state index contributed by atoms with van der Waals surface area (Å²) in [4.78, 5) is 0. The first-order chi connectivity index (χ1) is 6.24. The van der Waals surface area contributed by atoms with E-state index in [2.05, 4.69) is 12.2 Å². The molecule has 2 aliphatic carbocycles. The molecule has 2 nitrogen and oxygen atoms in total. The van der Waals surface area contributed by atoms with Crippen molar-refractivity contribution in [2.24, 2.45) is 17.6 Å². The van der Waals surface area contributed by atoms with Gasteiger partial charge in [0, 0.05) is 12.1 Å². The summed E-state index contributed by atoms with van der Waals surface area (Å²) in [5.74, 6) is 1.83. The van der Waals surface area contributed by atoms with E-state index in [1.807, 2.05) is 0 Å². The highest BCUT2D eigenvalue weighted by molar-refractivity contribution is 4.85. The summed E-state index contributed by atoms with van der Waals surface area (Å²) >= 11 is 0. The van der Waals surface area contributed by atoms with Gasteiger partial charge in [-0.2, -0.15) is 0 Å². The molecule has 0 aromatic carbocycles. The lowest BCUT2D eigenvalue weighted by atomic mass is 9.81. The van der Waals surface area contributed by atoms with Crippen LogP contribution < -0.4 is 11.1 Å². The monoisotopic (exact) mass is 182 g/mol. The Kier molecular flexibility index (Phi) is 2.89. The summed E-state index contributed by atoms with van der Waals surface area (Å²) in [6.45, 7) is 3.55. The lowest BCUT2D eigenvalue weighted by Gasteiger charge is -2.34. The normalized spacial score (nSPS) is 44.8. The van der Waals surface area contributed by atoms with E-state index in [9.17, 15) is 0 Å². The van der Waals surface area contributed by atoms with Gasteiger partial charge in [0.2, 0.25) is 0 Å². The van der Waals surface area contributed by atoms with Gasteiger partial charge in [-0.25, -0.2) is 0 Å². The van der Waals surface area contributed by atoms with Gasteiger partial charge in [-0.15, -0.1) is 0 Å². The van der Waals surface area contributed by atoms with Gasteiger partial charge in [0.25, 0.3) is 0 Å². The predicted molar refractivity (Wildman–Crippen MR) is 55.5 cm³/mol. The zero-order chi connectivity index (χ0) is 9.26. The fraction of sp³-hybridized carbons (Fsp3) is 1.00. The van der Waals surface area contributed by atoms with Crippen molar-refractivity contribution in [1.29, 1.82) is 0 Å². The van der Waals surface area contributed by atoms with E-state index in [1.54, 1.807) is 0 Å². The number of rotatable bonds is 3. The molecule has 0 bridgehead atoms. The van der Waals surface area contributed by atoms with Crippen LogP contribution in [0.4, 0.5) is 0 Å². The molecule has 2 rings (SSSR count). The lowest BCUT2D eigenvalue weighted by Crippen LogP contribution is -2.42. The molecule has 2 heteroatoms. The minimum Gasteiger partial charge on any atom is -0.328 e. The third-order valence-electron chi connectivity index (χ3n) is 3.65. The van der Waals surface area contributed by atoms with E-state index >= 15 is 0 Å². The highest BCUT2D eigenvalue weighted by Crippen LogP contribution is 2.28. The van der Waals surface area contributed by atoms with Gasteiger partial charge in [0.1, 0.15) is 0 Å². The Morgan fingerprint density at radius 2 is 2.00 bits per heavy atom. The molecular weight excluding hydrogens is 160 g/mol. The zero-order valence-electron chi connectivity index (χ0n) is 8.63. The van der Waals surface area contributed by atoms with Crippen molar-refractivity contribution in [1.82, 2.24) is 5.32 Å². The molecule has 76 valence electrons. The predicted octanol–water partition coefficient (Wildman–Crippen LogP) is 1.50. The summed E-state index contributed by atoms with van der Waals surface area (Å²) in [6.07, 6.45) is 6.61. The molecule has 0 amide bonds. The average Bonchev–Trinajstić information content (AvgIpc) is 2.43. The third-order valence-corrected chi connectivity index (χ3v) is 3.65. The molecule has 0 saturated heterocycles. The number of nitrogens with one attached hydrogen (secondary N) is 1. The van der Waals surface area contributed by atoms with Crippen molar-refractivity contribution in [3.8, 4) is 0 Å². The van der Waals surface area contributed by atoms with E-state index in [1.165, 1.54) is 38.6 Å². The molecule has 13 heavy (non-hydrogen) atoms. The fourth-order valence-electron chi connectivity index (χ4n) is 2.70. The standard InChI is InChI=1S/C11H22N2/c1-8-4-11(5-8)13-7-9-2-3-10(12)6-9/h8-11,13H,2-7,12H2,1H3. The average molecular weight is 182 g/mol. The molecule has 2 unspecified atom stereocenters. The summed E-state index contributed by atoms with van der Waals surface area (Å²) in [5.41, 5.74) is 5.87. The Morgan fingerprint density at radius 3 is 2.54 bits per heavy atom. The zero-order valence-corrected chi connectivity index (χ0v) is 8.63. The smallest absolute Gasteiger partial charge is 0.00722 e. The van der Waals surface area contributed by atoms with E-state index in [0.717, 1.165) is 17.9 Å². The maximum atomic E-state index is 5.87. The maximum absolute atomic E-state index is 5.87. The van der Waals surface area contributed by atoms with Crippen LogP contribution in [-0.4, -0.2) is 18.6 Å². The first-order valence-electron chi connectivity index (χ1n) is 5.73. The molecule has 2 saturated carbocycles. The summed E-state index contributed by atoms with van der Waals surface area (Å²) < 4.78 is 0. The van der Waals surface area contributed by atoms with Gasteiger partial charge in [-0.05, 0) is 50.5 Å².